The van der Waals surface area contributed by atoms with E-state index in [2.05, 4.69) is 10.1 Å². The van der Waals surface area contributed by atoms with Crippen molar-refractivity contribution in [3.05, 3.63) is 71.9 Å². The molecule has 0 aliphatic heterocycles. The van der Waals surface area contributed by atoms with Gasteiger partial charge in [-0.15, -0.1) is 11.8 Å². The third-order valence-electron chi connectivity index (χ3n) is 4.17. The zero-order chi connectivity index (χ0) is 21.5. The van der Waals surface area contributed by atoms with Crippen molar-refractivity contribution in [2.24, 2.45) is 0 Å². The van der Waals surface area contributed by atoms with Crippen LogP contribution in [0.1, 0.15) is 35.9 Å². The summed E-state index contributed by atoms with van der Waals surface area (Å²) in [5.74, 6) is 0.635. The van der Waals surface area contributed by atoms with Crippen molar-refractivity contribution in [2.45, 2.75) is 37.5 Å². The molecule has 3 aromatic rings. The van der Waals surface area contributed by atoms with E-state index in [9.17, 15) is 9.59 Å². The van der Waals surface area contributed by atoms with Crippen LogP contribution in [0.4, 0.5) is 5.69 Å². The van der Waals surface area contributed by atoms with Crippen molar-refractivity contribution >= 4 is 29.3 Å². The predicted molar refractivity (Wildman–Crippen MR) is 114 cm³/mol. The number of esters is 1. The first-order chi connectivity index (χ1) is 14.5. The molecule has 7 nitrogen and oxygen atoms in total. The Hall–Kier alpha value is -3.13. The first kappa shape index (κ1) is 21.6. The van der Waals surface area contributed by atoms with Gasteiger partial charge in [-0.2, -0.15) is 4.98 Å². The van der Waals surface area contributed by atoms with E-state index in [-0.39, 0.29) is 18.6 Å². The van der Waals surface area contributed by atoms with Crippen LogP contribution in [0.25, 0.3) is 0 Å². The summed E-state index contributed by atoms with van der Waals surface area (Å²) in [5, 5.41) is 3.76. The highest BCUT2D eigenvalue weighted by atomic mass is 32.2. The topological polar surface area (TPSA) is 85.5 Å². The van der Waals surface area contributed by atoms with E-state index in [0.717, 1.165) is 10.6 Å². The number of ether oxygens (including phenoxy) is 1. The van der Waals surface area contributed by atoms with Crippen molar-refractivity contribution < 1.29 is 18.8 Å². The third kappa shape index (κ3) is 5.48. The highest BCUT2D eigenvalue weighted by molar-refractivity contribution is 7.98. The largest absolute Gasteiger partial charge is 0.452 e. The first-order valence-electron chi connectivity index (χ1n) is 9.51. The number of carbonyl (C=O) groups is 2. The lowest BCUT2D eigenvalue weighted by molar-refractivity contribution is -0.122. The van der Waals surface area contributed by atoms with Gasteiger partial charge in [0.15, 0.2) is 12.4 Å². The maximum absolute atomic E-state index is 12.7. The molecule has 1 heterocycles. The van der Waals surface area contributed by atoms with E-state index in [4.69, 9.17) is 9.26 Å². The molecule has 30 heavy (non-hydrogen) atoms. The molecular weight excluding hydrogens is 402 g/mol. The molecule has 0 aliphatic rings. The van der Waals surface area contributed by atoms with Crippen molar-refractivity contribution in [3.63, 3.8) is 0 Å². The van der Waals surface area contributed by atoms with Crippen LogP contribution in [-0.2, 0) is 15.3 Å². The van der Waals surface area contributed by atoms with E-state index in [1.54, 1.807) is 24.0 Å². The number of anilines is 1. The quantitative estimate of drug-likeness (QED) is 0.393. The number of hydrogen-bond donors (Lipinski definition) is 0. The summed E-state index contributed by atoms with van der Waals surface area (Å²) in [4.78, 5) is 31.9. The molecule has 0 spiro atoms. The highest BCUT2D eigenvalue weighted by Crippen LogP contribution is 2.26. The van der Waals surface area contributed by atoms with Gasteiger partial charge in [-0.25, -0.2) is 4.79 Å². The van der Waals surface area contributed by atoms with Gasteiger partial charge in [0.25, 0.3) is 5.91 Å². The Labute approximate surface area is 179 Å². The molecule has 0 saturated heterocycles. The Bertz CT molecular complexity index is 1000. The second-order valence-corrected chi connectivity index (χ2v) is 7.81. The standard InChI is InChI=1S/C22H23N3O4S/c1-15(2)25(17-9-5-4-6-10-17)21(26)13-28-22(27)18-11-7-8-12-19(18)30-14-20-23-16(3)24-29-20/h4-12,15H,13-14H2,1-3H3. The number of para-hydroxylation sites is 1. The number of aromatic nitrogens is 2. The molecule has 0 fully saturated rings. The molecule has 156 valence electrons. The second-order valence-electron chi connectivity index (χ2n) is 6.79. The number of nitrogens with zero attached hydrogens (tertiary/aromatic N) is 3. The molecule has 0 aliphatic carbocycles. The molecule has 0 unspecified atom stereocenters. The van der Waals surface area contributed by atoms with Crippen molar-refractivity contribution in [2.75, 3.05) is 11.5 Å². The molecule has 0 atom stereocenters. The van der Waals surface area contributed by atoms with E-state index in [1.807, 2.05) is 56.3 Å². The molecule has 0 radical (unpaired) electrons. The lowest BCUT2D eigenvalue weighted by Gasteiger charge is -2.26. The van der Waals surface area contributed by atoms with Gasteiger partial charge in [-0.3, -0.25) is 4.79 Å². The maximum Gasteiger partial charge on any atom is 0.339 e. The van der Waals surface area contributed by atoms with Crippen LogP contribution in [0.15, 0.2) is 64.0 Å². The zero-order valence-corrected chi connectivity index (χ0v) is 17.9. The van der Waals surface area contributed by atoms with Crippen LogP contribution in [0.2, 0.25) is 0 Å². The molecule has 0 N–H and O–H groups in total. The summed E-state index contributed by atoms with van der Waals surface area (Å²) >= 11 is 1.39. The van der Waals surface area contributed by atoms with Gasteiger partial charge >= 0.3 is 5.97 Å². The number of aryl methyl sites for hydroxylation is 1. The normalized spacial score (nSPS) is 10.8. The summed E-state index contributed by atoms with van der Waals surface area (Å²) < 4.78 is 10.5. The minimum atomic E-state index is -0.551. The lowest BCUT2D eigenvalue weighted by Crippen LogP contribution is -2.39. The number of amides is 1. The van der Waals surface area contributed by atoms with Gasteiger partial charge in [-0.05, 0) is 45.0 Å². The molecule has 8 heteroatoms. The Morgan fingerprint density at radius 3 is 2.47 bits per heavy atom. The van der Waals surface area contributed by atoms with Crippen molar-refractivity contribution in [1.29, 1.82) is 0 Å². The van der Waals surface area contributed by atoms with Gasteiger partial charge in [0.1, 0.15) is 0 Å². The van der Waals surface area contributed by atoms with Crippen molar-refractivity contribution in [3.8, 4) is 0 Å². The first-order valence-corrected chi connectivity index (χ1v) is 10.5. The smallest absolute Gasteiger partial charge is 0.339 e. The van der Waals surface area contributed by atoms with Crippen LogP contribution in [0.3, 0.4) is 0 Å². The van der Waals surface area contributed by atoms with Gasteiger partial charge < -0.3 is 14.2 Å². The number of hydrogen-bond acceptors (Lipinski definition) is 7. The average Bonchev–Trinajstić information content (AvgIpc) is 3.16. The lowest BCUT2D eigenvalue weighted by atomic mass is 10.2. The number of carbonyl (C=O) groups excluding carboxylic acids is 2. The summed E-state index contributed by atoms with van der Waals surface area (Å²) in [6.45, 7) is 5.24. The summed E-state index contributed by atoms with van der Waals surface area (Å²) in [5.41, 5.74) is 1.15. The molecule has 1 aromatic heterocycles. The maximum atomic E-state index is 12.7. The predicted octanol–water partition coefficient (Wildman–Crippen LogP) is 4.27. The minimum absolute atomic E-state index is 0.0701. The minimum Gasteiger partial charge on any atom is -0.452 e. The molecule has 0 saturated carbocycles. The third-order valence-corrected chi connectivity index (χ3v) is 5.23. The Balaban J connectivity index is 1.65. The van der Waals surface area contributed by atoms with E-state index >= 15 is 0 Å². The van der Waals surface area contributed by atoms with Crippen LogP contribution in [0, 0.1) is 6.92 Å². The molecule has 2 aromatic carbocycles. The highest BCUT2D eigenvalue weighted by Gasteiger charge is 2.22. The number of rotatable bonds is 8. The van der Waals surface area contributed by atoms with Crippen molar-refractivity contribution in [1.82, 2.24) is 10.1 Å². The molecule has 1 amide bonds. The average molecular weight is 426 g/mol. The van der Waals surface area contributed by atoms with E-state index in [1.165, 1.54) is 11.8 Å². The van der Waals surface area contributed by atoms with Gasteiger partial charge in [0.2, 0.25) is 5.89 Å². The van der Waals surface area contributed by atoms with E-state index < -0.39 is 5.97 Å². The Morgan fingerprint density at radius 1 is 1.10 bits per heavy atom. The van der Waals surface area contributed by atoms with Crippen LogP contribution >= 0.6 is 11.8 Å². The zero-order valence-electron chi connectivity index (χ0n) is 17.1. The number of benzene rings is 2. The van der Waals surface area contributed by atoms with Crippen LogP contribution in [0.5, 0.6) is 0 Å². The number of thioether (sulfide) groups is 1. The molecular formula is C22H23N3O4S. The van der Waals surface area contributed by atoms with E-state index in [0.29, 0.717) is 23.0 Å². The molecule has 3 rings (SSSR count). The van der Waals surface area contributed by atoms with Gasteiger partial charge in [0.05, 0.1) is 11.3 Å². The van der Waals surface area contributed by atoms with Crippen LogP contribution in [-0.4, -0.2) is 34.7 Å². The fourth-order valence-corrected chi connectivity index (χ4v) is 3.77. The van der Waals surface area contributed by atoms with Gasteiger partial charge in [0, 0.05) is 16.6 Å². The fourth-order valence-electron chi connectivity index (χ4n) is 2.89. The Morgan fingerprint density at radius 2 is 1.80 bits per heavy atom. The molecule has 0 bridgehead atoms. The fraction of sp³-hybridized carbons (Fsp3) is 0.273. The summed E-state index contributed by atoms with van der Waals surface area (Å²) in [7, 11) is 0. The SMILES string of the molecule is Cc1noc(CSc2ccccc2C(=O)OCC(=O)N(c2ccccc2)C(C)C)n1. The van der Waals surface area contributed by atoms with Crippen LogP contribution < -0.4 is 4.90 Å². The summed E-state index contributed by atoms with van der Waals surface area (Å²) in [6.07, 6.45) is 0. The van der Waals surface area contributed by atoms with Gasteiger partial charge in [-0.1, -0.05) is 35.5 Å². The second kappa shape index (κ2) is 10.1. The Kier molecular flexibility index (Phi) is 7.24. The monoisotopic (exact) mass is 425 g/mol. The summed E-state index contributed by atoms with van der Waals surface area (Å²) in [6, 6.07) is 16.3.